The third-order valence-electron chi connectivity index (χ3n) is 3.57. The Labute approximate surface area is 155 Å². The Hall–Kier alpha value is -1.70. The number of nitrogens with one attached hydrogen (secondary N) is 2. The average Bonchev–Trinajstić information content (AvgIpc) is 2.65. The van der Waals surface area contributed by atoms with Crippen LogP contribution in [0.4, 0.5) is 4.39 Å². The molecular weight excluding hydrogens is 337 g/mol. The molecule has 0 aliphatic heterocycles. The molecule has 0 bridgehead atoms. The molecule has 0 saturated heterocycles. The maximum absolute atomic E-state index is 12.9. The fourth-order valence-electron chi connectivity index (χ4n) is 2.12. The number of rotatable bonds is 13. The Morgan fingerprint density at radius 1 is 1.08 bits per heavy atom. The summed E-state index contributed by atoms with van der Waals surface area (Å²) in [4.78, 5) is 4.35. The molecule has 3 N–H and O–H groups in total. The standard InChI is InChI=1S/C19H32FN3O3/c1-3-5-11-25-13-14-26-12-10-22-19(21-4-2)23-15-18(24)16-6-8-17(20)9-7-16/h6-9,18,24H,3-5,10-15H2,1-2H3,(H2,21,22,23). The van der Waals surface area contributed by atoms with Gasteiger partial charge in [0.2, 0.25) is 0 Å². The van der Waals surface area contributed by atoms with Crippen LogP contribution < -0.4 is 10.6 Å². The zero-order valence-electron chi connectivity index (χ0n) is 15.8. The molecule has 0 saturated carbocycles. The second kappa shape index (κ2) is 14.5. The molecule has 1 aromatic carbocycles. The fraction of sp³-hybridized carbons (Fsp3) is 0.632. The quantitative estimate of drug-likeness (QED) is 0.282. The first-order valence-corrected chi connectivity index (χ1v) is 9.28. The molecule has 6 nitrogen and oxygen atoms in total. The van der Waals surface area contributed by atoms with E-state index in [0.29, 0.717) is 44.4 Å². The fourth-order valence-corrected chi connectivity index (χ4v) is 2.12. The van der Waals surface area contributed by atoms with E-state index < -0.39 is 6.10 Å². The Kier molecular flexibility index (Phi) is 12.4. The second-order valence-corrected chi connectivity index (χ2v) is 5.79. The van der Waals surface area contributed by atoms with E-state index in [1.807, 2.05) is 6.92 Å². The number of halogens is 1. The van der Waals surface area contributed by atoms with Crippen LogP contribution in [0, 0.1) is 5.82 Å². The van der Waals surface area contributed by atoms with Gasteiger partial charge in [0.25, 0.3) is 0 Å². The number of hydrogen-bond acceptors (Lipinski definition) is 4. The first-order valence-electron chi connectivity index (χ1n) is 9.28. The summed E-state index contributed by atoms with van der Waals surface area (Å²) < 4.78 is 23.8. The van der Waals surface area contributed by atoms with Crippen LogP contribution in [0.25, 0.3) is 0 Å². The lowest BCUT2D eigenvalue weighted by molar-refractivity contribution is 0.0487. The molecule has 26 heavy (non-hydrogen) atoms. The van der Waals surface area contributed by atoms with Gasteiger partial charge in [-0.2, -0.15) is 0 Å². The smallest absolute Gasteiger partial charge is 0.191 e. The van der Waals surface area contributed by atoms with Crippen LogP contribution >= 0.6 is 0 Å². The van der Waals surface area contributed by atoms with Crippen LogP contribution in [0.5, 0.6) is 0 Å². The molecule has 7 heteroatoms. The normalized spacial score (nSPS) is 12.8. The van der Waals surface area contributed by atoms with Crippen molar-refractivity contribution in [2.24, 2.45) is 4.99 Å². The van der Waals surface area contributed by atoms with Crippen LogP contribution in [0.1, 0.15) is 38.4 Å². The summed E-state index contributed by atoms with van der Waals surface area (Å²) in [5.41, 5.74) is 0.636. The second-order valence-electron chi connectivity index (χ2n) is 5.79. The highest BCUT2D eigenvalue weighted by Crippen LogP contribution is 2.13. The molecule has 0 radical (unpaired) electrons. The minimum atomic E-state index is -0.775. The Morgan fingerprint density at radius 2 is 1.77 bits per heavy atom. The zero-order chi connectivity index (χ0) is 19.0. The summed E-state index contributed by atoms with van der Waals surface area (Å²) >= 11 is 0. The van der Waals surface area contributed by atoms with E-state index in [4.69, 9.17) is 9.47 Å². The van der Waals surface area contributed by atoms with Gasteiger partial charge in [-0.05, 0) is 31.0 Å². The van der Waals surface area contributed by atoms with E-state index >= 15 is 0 Å². The summed E-state index contributed by atoms with van der Waals surface area (Å²) in [6, 6.07) is 5.78. The van der Waals surface area contributed by atoms with Crippen molar-refractivity contribution >= 4 is 5.96 Å². The highest BCUT2D eigenvalue weighted by atomic mass is 19.1. The van der Waals surface area contributed by atoms with Crippen LogP contribution in [0.3, 0.4) is 0 Å². The summed E-state index contributed by atoms with van der Waals surface area (Å²) in [6.45, 7) is 8.12. The first kappa shape index (κ1) is 22.3. The third kappa shape index (κ3) is 10.3. The van der Waals surface area contributed by atoms with Crippen molar-refractivity contribution in [2.75, 3.05) is 46.1 Å². The summed E-state index contributed by atoms with van der Waals surface area (Å²) in [7, 11) is 0. The highest BCUT2D eigenvalue weighted by molar-refractivity contribution is 5.79. The molecular formula is C19H32FN3O3. The van der Waals surface area contributed by atoms with Crippen LogP contribution in [-0.4, -0.2) is 57.1 Å². The maximum atomic E-state index is 12.9. The minimum absolute atomic E-state index is 0.188. The third-order valence-corrected chi connectivity index (χ3v) is 3.57. The topological polar surface area (TPSA) is 75.1 Å². The number of unbranched alkanes of at least 4 members (excludes halogenated alkanes) is 1. The van der Waals surface area contributed by atoms with Crippen LogP contribution in [0.2, 0.25) is 0 Å². The molecule has 0 fully saturated rings. The van der Waals surface area contributed by atoms with Gasteiger partial charge in [0.1, 0.15) is 5.82 Å². The lowest BCUT2D eigenvalue weighted by atomic mass is 10.1. The molecule has 0 aromatic heterocycles. The van der Waals surface area contributed by atoms with E-state index in [-0.39, 0.29) is 12.4 Å². The minimum Gasteiger partial charge on any atom is -0.386 e. The lowest BCUT2D eigenvalue weighted by Gasteiger charge is -2.13. The number of aliphatic imine (C=N–C) groups is 1. The summed E-state index contributed by atoms with van der Waals surface area (Å²) in [5.74, 6) is 0.284. The van der Waals surface area contributed by atoms with Gasteiger partial charge in [0, 0.05) is 19.7 Å². The van der Waals surface area contributed by atoms with E-state index in [1.54, 1.807) is 12.1 Å². The van der Waals surface area contributed by atoms with Crippen molar-refractivity contribution in [3.8, 4) is 0 Å². The van der Waals surface area contributed by atoms with Gasteiger partial charge in [-0.1, -0.05) is 25.5 Å². The number of aliphatic hydroxyl groups excluding tert-OH is 1. The molecule has 0 aliphatic carbocycles. The number of hydrogen-bond donors (Lipinski definition) is 3. The SMILES string of the molecule is CCCCOCCOCCNC(=NCC(O)c1ccc(F)cc1)NCC. The number of benzene rings is 1. The monoisotopic (exact) mass is 369 g/mol. The van der Waals surface area contributed by atoms with Gasteiger partial charge in [-0.15, -0.1) is 0 Å². The Morgan fingerprint density at radius 3 is 2.42 bits per heavy atom. The van der Waals surface area contributed by atoms with Crippen molar-refractivity contribution in [1.29, 1.82) is 0 Å². The van der Waals surface area contributed by atoms with Crippen molar-refractivity contribution in [3.05, 3.63) is 35.6 Å². The van der Waals surface area contributed by atoms with E-state index in [1.165, 1.54) is 12.1 Å². The molecule has 1 atom stereocenters. The highest BCUT2D eigenvalue weighted by Gasteiger charge is 2.07. The molecule has 0 aliphatic rings. The number of ether oxygens (including phenoxy) is 2. The van der Waals surface area contributed by atoms with Gasteiger partial charge >= 0.3 is 0 Å². The van der Waals surface area contributed by atoms with Crippen molar-refractivity contribution in [3.63, 3.8) is 0 Å². The molecule has 0 heterocycles. The molecule has 1 unspecified atom stereocenters. The Bertz CT molecular complexity index is 497. The van der Waals surface area contributed by atoms with E-state index in [2.05, 4.69) is 22.5 Å². The van der Waals surface area contributed by atoms with E-state index in [0.717, 1.165) is 19.4 Å². The predicted octanol–water partition coefficient (Wildman–Crippen LogP) is 2.25. The van der Waals surface area contributed by atoms with Crippen molar-refractivity contribution in [1.82, 2.24) is 10.6 Å². The predicted molar refractivity (Wildman–Crippen MR) is 102 cm³/mol. The molecule has 148 valence electrons. The first-order chi connectivity index (χ1) is 12.7. The van der Waals surface area contributed by atoms with Crippen LogP contribution in [0.15, 0.2) is 29.3 Å². The molecule has 1 rings (SSSR count). The number of aliphatic hydroxyl groups is 1. The summed E-state index contributed by atoms with van der Waals surface area (Å²) in [6.07, 6.45) is 1.43. The van der Waals surface area contributed by atoms with Gasteiger partial charge in [-0.3, -0.25) is 4.99 Å². The Balaban J connectivity index is 2.25. The van der Waals surface area contributed by atoms with E-state index in [9.17, 15) is 9.50 Å². The van der Waals surface area contributed by atoms with Gasteiger partial charge in [0.15, 0.2) is 5.96 Å². The van der Waals surface area contributed by atoms with Gasteiger partial charge in [-0.25, -0.2) is 4.39 Å². The molecule has 1 aromatic rings. The van der Waals surface area contributed by atoms with Crippen LogP contribution in [-0.2, 0) is 9.47 Å². The van der Waals surface area contributed by atoms with Crippen molar-refractivity contribution in [2.45, 2.75) is 32.8 Å². The van der Waals surface area contributed by atoms with Gasteiger partial charge < -0.3 is 25.2 Å². The number of nitrogens with zero attached hydrogens (tertiary/aromatic N) is 1. The molecule has 0 amide bonds. The average molecular weight is 369 g/mol. The maximum Gasteiger partial charge on any atom is 0.191 e. The largest absolute Gasteiger partial charge is 0.386 e. The van der Waals surface area contributed by atoms with Gasteiger partial charge in [0.05, 0.1) is 32.5 Å². The number of guanidine groups is 1. The summed E-state index contributed by atoms with van der Waals surface area (Å²) in [5, 5.41) is 16.4. The molecule has 0 spiro atoms. The zero-order valence-corrected chi connectivity index (χ0v) is 15.8. The lowest BCUT2D eigenvalue weighted by Crippen LogP contribution is -2.39. The van der Waals surface area contributed by atoms with Crippen molar-refractivity contribution < 1.29 is 19.0 Å².